The van der Waals surface area contributed by atoms with E-state index in [4.69, 9.17) is 9.47 Å². The van der Waals surface area contributed by atoms with Crippen molar-refractivity contribution in [3.05, 3.63) is 52.4 Å². The number of rotatable bonds is 5. The van der Waals surface area contributed by atoms with Gasteiger partial charge in [-0.15, -0.1) is 0 Å². The van der Waals surface area contributed by atoms with Crippen LogP contribution < -0.4 is 10.2 Å². The molecule has 7 heteroatoms. The third kappa shape index (κ3) is 4.36. The van der Waals surface area contributed by atoms with Gasteiger partial charge in [-0.25, -0.2) is 4.79 Å². The lowest BCUT2D eigenvalue weighted by molar-refractivity contribution is -0.151. The molecule has 1 N–H and O–H groups in total. The third-order valence-electron chi connectivity index (χ3n) is 7.28. The monoisotopic (exact) mass is 466 g/mol. The molecular weight excluding hydrogens is 432 g/mol. The predicted molar refractivity (Wildman–Crippen MR) is 129 cm³/mol. The van der Waals surface area contributed by atoms with Crippen LogP contribution in [-0.4, -0.2) is 45.0 Å². The fourth-order valence-electron chi connectivity index (χ4n) is 5.47. The normalized spacial score (nSPS) is 25.1. The van der Waals surface area contributed by atoms with Crippen molar-refractivity contribution in [3.8, 4) is 0 Å². The van der Waals surface area contributed by atoms with Crippen molar-refractivity contribution in [2.75, 3.05) is 26.1 Å². The van der Waals surface area contributed by atoms with Crippen LogP contribution in [0.1, 0.15) is 57.4 Å². The van der Waals surface area contributed by atoms with Crippen LogP contribution in [0.2, 0.25) is 0 Å². The Balaban J connectivity index is 1.80. The second-order valence-electron chi connectivity index (χ2n) is 9.83. The molecule has 1 aromatic rings. The molecule has 0 unspecified atom stereocenters. The van der Waals surface area contributed by atoms with E-state index in [1.54, 1.807) is 0 Å². The zero-order valence-corrected chi connectivity index (χ0v) is 20.6. The van der Waals surface area contributed by atoms with Gasteiger partial charge < -0.3 is 19.7 Å². The molecule has 0 spiro atoms. The molecule has 0 aromatic heterocycles. The van der Waals surface area contributed by atoms with Crippen LogP contribution in [0.15, 0.2) is 46.8 Å². The van der Waals surface area contributed by atoms with Crippen molar-refractivity contribution in [1.82, 2.24) is 5.32 Å². The lowest BCUT2D eigenvalue weighted by Gasteiger charge is -2.38. The van der Waals surface area contributed by atoms with Crippen molar-refractivity contribution in [3.63, 3.8) is 0 Å². The van der Waals surface area contributed by atoms with Crippen molar-refractivity contribution in [2.24, 2.45) is 11.8 Å². The Morgan fingerprint density at radius 1 is 1.09 bits per heavy atom. The van der Waals surface area contributed by atoms with Gasteiger partial charge in [0.1, 0.15) is 12.0 Å². The summed E-state index contributed by atoms with van der Waals surface area (Å²) >= 11 is 0. The molecule has 34 heavy (non-hydrogen) atoms. The van der Waals surface area contributed by atoms with E-state index in [2.05, 4.69) is 5.32 Å². The smallest absolute Gasteiger partial charge is 0.337 e. The fourth-order valence-corrected chi connectivity index (χ4v) is 5.47. The van der Waals surface area contributed by atoms with Gasteiger partial charge in [-0.1, -0.05) is 19.1 Å². The van der Waals surface area contributed by atoms with Crippen LogP contribution >= 0.6 is 0 Å². The number of anilines is 1. The number of carbonyl (C=O) groups is 3. The van der Waals surface area contributed by atoms with Gasteiger partial charge in [-0.3, -0.25) is 9.59 Å². The number of benzene rings is 1. The lowest BCUT2D eigenvalue weighted by atomic mass is 9.69. The largest absolute Gasteiger partial charge is 0.468 e. The SMILES string of the molecule is COC(=O)[C@H]1C(=O)C2=C(C[C@@H]1C)NC(C)=C(C(=O)OC1CCCC1)[C@@H]2c1ccc(N(C)C)cc1. The predicted octanol–water partition coefficient (Wildman–Crippen LogP) is 3.85. The fraction of sp³-hybridized carbons (Fsp3) is 0.519. The maximum Gasteiger partial charge on any atom is 0.337 e. The Morgan fingerprint density at radius 2 is 1.74 bits per heavy atom. The number of dihydropyridines is 1. The molecule has 1 aromatic carbocycles. The first-order valence-corrected chi connectivity index (χ1v) is 12.0. The molecule has 1 fully saturated rings. The maximum absolute atomic E-state index is 13.8. The van der Waals surface area contributed by atoms with Gasteiger partial charge in [-0.2, -0.15) is 0 Å². The number of methoxy groups -OCH3 is 1. The van der Waals surface area contributed by atoms with E-state index >= 15 is 0 Å². The van der Waals surface area contributed by atoms with Gasteiger partial charge in [0.05, 0.1) is 12.7 Å². The van der Waals surface area contributed by atoms with Crippen LogP contribution in [0.3, 0.4) is 0 Å². The molecule has 3 aliphatic rings. The number of nitrogens with one attached hydrogen (secondary N) is 1. The standard InChI is InChI=1S/C27H34N2O5/c1-15-14-20-24(25(30)21(15)26(31)33-5)23(17-10-12-18(13-11-17)29(3)4)22(16(2)28-20)27(32)34-19-8-6-7-9-19/h10-13,15,19,21,23,28H,6-9,14H2,1-5H3/t15-,21+,23-/m0/s1. The van der Waals surface area contributed by atoms with Gasteiger partial charge >= 0.3 is 11.9 Å². The summed E-state index contributed by atoms with van der Waals surface area (Å²) in [5.41, 5.74) is 4.21. The minimum absolute atomic E-state index is 0.0927. The summed E-state index contributed by atoms with van der Waals surface area (Å²) in [7, 11) is 5.22. The van der Waals surface area contributed by atoms with E-state index in [-0.39, 0.29) is 17.8 Å². The summed E-state index contributed by atoms with van der Waals surface area (Å²) in [6, 6.07) is 7.84. The van der Waals surface area contributed by atoms with Crippen LogP contribution in [-0.2, 0) is 23.9 Å². The van der Waals surface area contributed by atoms with E-state index in [0.717, 1.165) is 42.6 Å². The lowest BCUT2D eigenvalue weighted by Crippen LogP contribution is -2.43. The molecule has 4 rings (SSSR count). The first-order valence-electron chi connectivity index (χ1n) is 12.0. The molecule has 182 valence electrons. The molecule has 0 radical (unpaired) electrons. The first-order chi connectivity index (χ1) is 16.2. The minimum Gasteiger partial charge on any atom is -0.468 e. The van der Waals surface area contributed by atoms with Crippen LogP contribution in [0, 0.1) is 11.8 Å². The van der Waals surface area contributed by atoms with Crippen molar-refractivity contribution in [2.45, 2.75) is 58.0 Å². The zero-order chi connectivity index (χ0) is 24.6. The Morgan fingerprint density at radius 3 is 2.32 bits per heavy atom. The van der Waals surface area contributed by atoms with Crippen LogP contribution in [0.5, 0.6) is 0 Å². The number of ether oxygens (including phenoxy) is 2. The van der Waals surface area contributed by atoms with Gasteiger partial charge in [0.15, 0.2) is 5.78 Å². The molecule has 1 heterocycles. The zero-order valence-electron chi connectivity index (χ0n) is 20.6. The second-order valence-corrected chi connectivity index (χ2v) is 9.83. The number of Topliss-reactive ketones (excluding diaryl/α,β-unsaturated/α-hetero) is 1. The Kier molecular flexibility index (Phi) is 6.82. The first kappa shape index (κ1) is 24.0. The minimum atomic E-state index is -0.889. The van der Waals surface area contributed by atoms with E-state index in [1.165, 1.54) is 7.11 Å². The summed E-state index contributed by atoms with van der Waals surface area (Å²) in [5.74, 6) is -2.91. The number of nitrogens with zero attached hydrogens (tertiary/aromatic N) is 1. The van der Waals surface area contributed by atoms with E-state index in [0.29, 0.717) is 23.3 Å². The van der Waals surface area contributed by atoms with Crippen molar-refractivity contribution >= 4 is 23.4 Å². The highest BCUT2D eigenvalue weighted by Crippen LogP contribution is 2.46. The third-order valence-corrected chi connectivity index (χ3v) is 7.28. The molecule has 7 nitrogen and oxygen atoms in total. The number of hydrogen-bond donors (Lipinski definition) is 1. The van der Waals surface area contributed by atoms with Gasteiger partial charge in [0, 0.05) is 42.7 Å². The molecule has 3 atom stereocenters. The van der Waals surface area contributed by atoms with E-state index < -0.39 is 23.8 Å². The highest BCUT2D eigenvalue weighted by molar-refractivity contribution is 6.12. The topological polar surface area (TPSA) is 84.9 Å². The van der Waals surface area contributed by atoms with Crippen molar-refractivity contribution in [1.29, 1.82) is 0 Å². The molecule has 1 saturated carbocycles. The summed E-state index contributed by atoms with van der Waals surface area (Å²) < 4.78 is 10.9. The number of carbonyl (C=O) groups excluding carboxylic acids is 3. The molecule has 0 amide bonds. The molecule has 0 saturated heterocycles. The van der Waals surface area contributed by atoms with E-state index in [9.17, 15) is 14.4 Å². The quantitative estimate of drug-likeness (QED) is 0.521. The highest BCUT2D eigenvalue weighted by atomic mass is 16.5. The second kappa shape index (κ2) is 9.65. The Hall–Kier alpha value is -3.09. The van der Waals surface area contributed by atoms with Gasteiger partial charge in [0.25, 0.3) is 0 Å². The number of esters is 2. The number of ketones is 1. The van der Waals surface area contributed by atoms with Crippen molar-refractivity contribution < 1.29 is 23.9 Å². The Labute approximate surface area is 201 Å². The summed E-state index contributed by atoms with van der Waals surface area (Å²) in [5, 5.41) is 3.32. The summed E-state index contributed by atoms with van der Waals surface area (Å²) in [6.45, 7) is 3.74. The van der Waals surface area contributed by atoms with Crippen LogP contribution in [0.25, 0.3) is 0 Å². The molecule has 1 aliphatic heterocycles. The number of allylic oxidation sites excluding steroid dienone is 3. The van der Waals surface area contributed by atoms with Crippen LogP contribution in [0.4, 0.5) is 5.69 Å². The average Bonchev–Trinajstić information content (AvgIpc) is 3.30. The molecule has 0 bridgehead atoms. The maximum atomic E-state index is 13.8. The average molecular weight is 467 g/mol. The summed E-state index contributed by atoms with van der Waals surface area (Å²) in [6.07, 6.45) is 4.26. The highest BCUT2D eigenvalue weighted by Gasteiger charge is 2.47. The van der Waals surface area contributed by atoms with Gasteiger partial charge in [0.2, 0.25) is 0 Å². The number of hydrogen-bond acceptors (Lipinski definition) is 7. The molecular formula is C27H34N2O5. The van der Waals surface area contributed by atoms with E-state index in [1.807, 2.05) is 57.1 Å². The summed E-state index contributed by atoms with van der Waals surface area (Å²) in [4.78, 5) is 41.8. The molecule has 2 aliphatic carbocycles. The van der Waals surface area contributed by atoms with Gasteiger partial charge in [-0.05, 0) is 62.6 Å². The Bertz CT molecular complexity index is 1050.